The zero-order valence-electron chi connectivity index (χ0n) is 24.6. The summed E-state index contributed by atoms with van der Waals surface area (Å²) < 4.78 is 20.3. The van der Waals surface area contributed by atoms with Crippen molar-refractivity contribution in [2.45, 2.75) is 19.4 Å². The molecule has 0 aliphatic carbocycles. The predicted molar refractivity (Wildman–Crippen MR) is 177 cm³/mol. The summed E-state index contributed by atoms with van der Waals surface area (Å²) in [6, 6.07) is 36.1. The third kappa shape index (κ3) is 8.35. The van der Waals surface area contributed by atoms with Crippen LogP contribution in [0.4, 0.5) is 10.1 Å². The minimum Gasteiger partial charge on any atom is -0.455 e. The van der Waals surface area contributed by atoms with Gasteiger partial charge in [0.05, 0.1) is 12.1 Å². The van der Waals surface area contributed by atoms with E-state index in [0.717, 1.165) is 16.7 Å². The highest BCUT2D eigenvalue weighted by Gasteiger charge is 2.22. The van der Waals surface area contributed by atoms with E-state index in [4.69, 9.17) is 22.1 Å². The van der Waals surface area contributed by atoms with Gasteiger partial charge in [0.2, 0.25) is 5.91 Å². The van der Waals surface area contributed by atoms with E-state index in [-0.39, 0.29) is 31.3 Å². The zero-order chi connectivity index (χ0) is 31.6. The molecule has 0 fully saturated rings. The van der Waals surface area contributed by atoms with Crippen molar-refractivity contribution in [3.63, 3.8) is 0 Å². The van der Waals surface area contributed by atoms with Crippen LogP contribution >= 0.6 is 11.6 Å². The van der Waals surface area contributed by atoms with E-state index in [1.165, 1.54) is 6.07 Å². The maximum Gasteiger partial charge on any atom is 0.258 e. The standard InChI is InChI=1S/C37H33ClFN3O3/c38-31-18-19-34(35(24-31)45-32-12-6-8-26(22-32)25-40)42(21-7-20-41-36(43)23-30-11-4-5-13-33(30)39)37(44)29-16-14-28(15-17-29)27-9-2-1-3-10-27/h1-6,8-19,22,24H,7,20-21,23,25,40H2,(H,41,43). The quantitative estimate of drug-likeness (QED) is 0.139. The first-order valence-electron chi connectivity index (χ1n) is 14.6. The molecule has 0 aliphatic rings. The van der Waals surface area contributed by atoms with Gasteiger partial charge in [0.1, 0.15) is 11.6 Å². The Labute approximate surface area is 267 Å². The summed E-state index contributed by atoms with van der Waals surface area (Å²) in [5.74, 6) is -0.00840. The number of amides is 2. The van der Waals surface area contributed by atoms with Crippen molar-refractivity contribution in [1.29, 1.82) is 0 Å². The fraction of sp³-hybridized carbons (Fsp3) is 0.135. The first-order valence-corrected chi connectivity index (χ1v) is 15.0. The molecular formula is C37H33ClFN3O3. The predicted octanol–water partition coefficient (Wildman–Crippen LogP) is 7.79. The number of benzene rings is 5. The largest absolute Gasteiger partial charge is 0.455 e. The monoisotopic (exact) mass is 621 g/mol. The first kappa shape index (κ1) is 31.4. The van der Waals surface area contributed by atoms with Gasteiger partial charge >= 0.3 is 0 Å². The molecule has 228 valence electrons. The average molecular weight is 622 g/mol. The fourth-order valence-electron chi connectivity index (χ4n) is 4.92. The molecule has 0 saturated carbocycles. The molecule has 0 heterocycles. The molecule has 0 radical (unpaired) electrons. The van der Waals surface area contributed by atoms with Crippen LogP contribution < -0.4 is 20.7 Å². The maximum absolute atomic E-state index is 14.1. The Hall–Kier alpha value is -4.98. The molecule has 0 bridgehead atoms. The first-order chi connectivity index (χ1) is 21.9. The summed E-state index contributed by atoms with van der Waals surface area (Å²) in [6.45, 7) is 0.901. The summed E-state index contributed by atoms with van der Waals surface area (Å²) in [7, 11) is 0. The van der Waals surface area contributed by atoms with Crippen LogP contribution in [0.2, 0.25) is 5.02 Å². The third-order valence-corrected chi connectivity index (χ3v) is 7.48. The lowest BCUT2D eigenvalue weighted by molar-refractivity contribution is -0.120. The molecule has 6 nitrogen and oxygen atoms in total. The molecule has 0 atom stereocenters. The van der Waals surface area contributed by atoms with Gasteiger partial charge in [-0.2, -0.15) is 0 Å². The van der Waals surface area contributed by atoms with Crippen molar-refractivity contribution in [3.8, 4) is 22.6 Å². The molecular weight excluding hydrogens is 589 g/mol. The lowest BCUT2D eigenvalue weighted by Crippen LogP contribution is -2.35. The van der Waals surface area contributed by atoms with Gasteiger partial charge in [-0.25, -0.2) is 4.39 Å². The smallest absolute Gasteiger partial charge is 0.258 e. The Balaban J connectivity index is 1.38. The van der Waals surface area contributed by atoms with Crippen LogP contribution in [0, 0.1) is 5.82 Å². The maximum atomic E-state index is 14.1. The van der Waals surface area contributed by atoms with Gasteiger partial charge in [-0.3, -0.25) is 9.59 Å². The Kier molecular flexibility index (Phi) is 10.6. The number of anilines is 1. The zero-order valence-corrected chi connectivity index (χ0v) is 25.3. The topological polar surface area (TPSA) is 84.7 Å². The van der Waals surface area contributed by atoms with Crippen LogP contribution in [0.3, 0.4) is 0 Å². The second-order valence-corrected chi connectivity index (χ2v) is 10.9. The molecule has 3 N–H and O–H groups in total. The van der Waals surface area contributed by atoms with Crippen LogP contribution in [0.15, 0.2) is 121 Å². The lowest BCUT2D eigenvalue weighted by atomic mass is 10.0. The van der Waals surface area contributed by atoms with Crippen LogP contribution in [0.5, 0.6) is 11.5 Å². The normalized spacial score (nSPS) is 10.7. The number of nitrogens with zero attached hydrogens (tertiary/aromatic N) is 1. The third-order valence-electron chi connectivity index (χ3n) is 7.25. The number of carbonyl (C=O) groups is 2. The van der Waals surface area contributed by atoms with Gasteiger partial charge in [0.25, 0.3) is 5.91 Å². The Morgan fingerprint density at radius 1 is 0.822 bits per heavy atom. The number of halogens is 2. The summed E-state index contributed by atoms with van der Waals surface area (Å²) in [5, 5.41) is 3.29. The number of nitrogens with one attached hydrogen (secondary N) is 1. The highest BCUT2D eigenvalue weighted by atomic mass is 35.5. The van der Waals surface area contributed by atoms with E-state index in [1.807, 2.05) is 66.7 Å². The van der Waals surface area contributed by atoms with Gasteiger partial charge in [0.15, 0.2) is 5.75 Å². The molecule has 0 saturated heterocycles. The van der Waals surface area contributed by atoms with Gasteiger partial charge in [0, 0.05) is 36.3 Å². The number of nitrogens with two attached hydrogens (primary N) is 1. The van der Waals surface area contributed by atoms with E-state index >= 15 is 0 Å². The molecule has 45 heavy (non-hydrogen) atoms. The van der Waals surface area contributed by atoms with Crippen LogP contribution in [-0.4, -0.2) is 24.9 Å². The second-order valence-electron chi connectivity index (χ2n) is 10.4. The highest BCUT2D eigenvalue weighted by Crippen LogP contribution is 2.36. The van der Waals surface area contributed by atoms with Crippen molar-refractivity contribution in [1.82, 2.24) is 5.32 Å². The SMILES string of the molecule is NCc1cccc(Oc2cc(Cl)ccc2N(CCCNC(=O)Cc2ccccc2F)C(=O)c2ccc(-c3ccccc3)cc2)c1. The van der Waals surface area contributed by atoms with Crippen molar-refractivity contribution in [2.75, 3.05) is 18.0 Å². The van der Waals surface area contributed by atoms with Gasteiger partial charge < -0.3 is 20.7 Å². The van der Waals surface area contributed by atoms with Crippen molar-refractivity contribution < 1.29 is 18.7 Å². The molecule has 0 aromatic heterocycles. The van der Waals surface area contributed by atoms with E-state index in [1.54, 1.807) is 53.4 Å². The average Bonchev–Trinajstić information content (AvgIpc) is 3.07. The minimum atomic E-state index is -0.421. The van der Waals surface area contributed by atoms with Gasteiger partial charge in [-0.15, -0.1) is 0 Å². The summed E-state index contributed by atoms with van der Waals surface area (Å²) in [5.41, 5.74) is 10.1. The molecule has 8 heteroatoms. The molecule has 5 aromatic carbocycles. The number of carbonyl (C=O) groups excluding carboxylic acids is 2. The molecule has 0 aliphatic heterocycles. The van der Waals surface area contributed by atoms with E-state index in [2.05, 4.69) is 5.32 Å². The molecule has 5 rings (SSSR count). The van der Waals surface area contributed by atoms with Crippen molar-refractivity contribution >= 4 is 29.1 Å². The number of rotatable bonds is 12. The van der Waals surface area contributed by atoms with E-state index in [9.17, 15) is 14.0 Å². The van der Waals surface area contributed by atoms with Crippen molar-refractivity contribution in [2.24, 2.45) is 5.73 Å². The highest BCUT2D eigenvalue weighted by molar-refractivity contribution is 6.30. The second kappa shape index (κ2) is 15.1. The Morgan fingerprint density at radius 3 is 2.31 bits per heavy atom. The molecule has 2 amide bonds. The summed E-state index contributed by atoms with van der Waals surface area (Å²) >= 11 is 6.38. The van der Waals surface area contributed by atoms with E-state index < -0.39 is 5.82 Å². The Morgan fingerprint density at radius 2 is 1.56 bits per heavy atom. The van der Waals surface area contributed by atoms with Gasteiger partial charge in [-0.1, -0.05) is 84.4 Å². The number of hydrogen-bond acceptors (Lipinski definition) is 4. The fourth-order valence-corrected chi connectivity index (χ4v) is 5.08. The Bertz CT molecular complexity index is 1760. The summed E-state index contributed by atoms with van der Waals surface area (Å²) in [6.07, 6.45) is 0.363. The molecule has 0 unspecified atom stereocenters. The molecule has 5 aromatic rings. The number of ether oxygens (including phenoxy) is 1. The van der Waals surface area contributed by atoms with Crippen LogP contribution in [-0.2, 0) is 17.8 Å². The van der Waals surface area contributed by atoms with E-state index in [0.29, 0.717) is 46.3 Å². The molecule has 0 spiro atoms. The summed E-state index contributed by atoms with van der Waals surface area (Å²) in [4.78, 5) is 28.2. The van der Waals surface area contributed by atoms with Crippen molar-refractivity contribution in [3.05, 3.63) is 149 Å². The van der Waals surface area contributed by atoms with Crippen LogP contribution in [0.25, 0.3) is 11.1 Å². The van der Waals surface area contributed by atoms with Gasteiger partial charge in [-0.05, 0) is 71.1 Å². The van der Waals surface area contributed by atoms with Crippen LogP contribution in [0.1, 0.15) is 27.9 Å². The lowest BCUT2D eigenvalue weighted by Gasteiger charge is -2.26. The minimum absolute atomic E-state index is 0.0693. The number of hydrogen-bond donors (Lipinski definition) is 2.